The zero-order valence-corrected chi connectivity index (χ0v) is 14.7. The lowest BCUT2D eigenvalue weighted by Gasteiger charge is -2.31. The van der Waals surface area contributed by atoms with E-state index in [1.807, 2.05) is 0 Å². The standard InChI is InChI=1S/C19H20N4O4/c24-18(13-15-3-1-2-4-17(15)23(26)27)22-11-7-14(8-12-22)19(25)21-16-5-9-20-10-6-16/h1-6,9-10,14H,7-8,11-13H2,(H,20,21,25). The molecule has 1 N–H and O–H groups in total. The smallest absolute Gasteiger partial charge is 0.273 e. The molecule has 0 unspecified atom stereocenters. The molecule has 0 atom stereocenters. The van der Waals surface area contributed by atoms with Crippen LogP contribution >= 0.6 is 0 Å². The Balaban J connectivity index is 1.54. The van der Waals surface area contributed by atoms with Gasteiger partial charge in [0.25, 0.3) is 5.69 Å². The summed E-state index contributed by atoms with van der Waals surface area (Å²) in [5.74, 6) is -0.377. The van der Waals surface area contributed by atoms with Crippen molar-refractivity contribution in [3.8, 4) is 0 Å². The van der Waals surface area contributed by atoms with Crippen LogP contribution in [0.25, 0.3) is 0 Å². The van der Waals surface area contributed by atoms with E-state index in [-0.39, 0.29) is 29.8 Å². The van der Waals surface area contributed by atoms with Crippen LogP contribution in [0.2, 0.25) is 0 Å². The molecule has 1 aliphatic heterocycles. The van der Waals surface area contributed by atoms with Crippen molar-refractivity contribution in [1.29, 1.82) is 0 Å². The van der Waals surface area contributed by atoms with Crippen LogP contribution in [-0.4, -0.2) is 39.7 Å². The zero-order chi connectivity index (χ0) is 19.2. The van der Waals surface area contributed by atoms with Crippen LogP contribution in [0.5, 0.6) is 0 Å². The van der Waals surface area contributed by atoms with Gasteiger partial charge in [0.1, 0.15) is 0 Å². The number of hydrogen-bond donors (Lipinski definition) is 1. The number of pyridine rings is 1. The van der Waals surface area contributed by atoms with Gasteiger partial charge in [-0.15, -0.1) is 0 Å². The maximum Gasteiger partial charge on any atom is 0.273 e. The number of nitrogens with one attached hydrogen (secondary N) is 1. The quantitative estimate of drug-likeness (QED) is 0.644. The number of likely N-dealkylation sites (tertiary alicyclic amines) is 1. The zero-order valence-electron chi connectivity index (χ0n) is 14.7. The SMILES string of the molecule is O=C(Nc1ccncc1)C1CCN(C(=O)Cc2ccccc2[N+](=O)[O-])CC1. The molecule has 2 aromatic rings. The molecule has 1 aromatic heterocycles. The van der Waals surface area contributed by atoms with Crippen molar-refractivity contribution in [2.75, 3.05) is 18.4 Å². The number of hydrogen-bond acceptors (Lipinski definition) is 5. The Morgan fingerprint density at radius 2 is 1.81 bits per heavy atom. The fraction of sp³-hybridized carbons (Fsp3) is 0.316. The van der Waals surface area contributed by atoms with Crippen molar-refractivity contribution in [1.82, 2.24) is 9.88 Å². The number of anilines is 1. The minimum absolute atomic E-state index is 0.00890. The lowest BCUT2D eigenvalue weighted by Crippen LogP contribution is -2.42. The van der Waals surface area contributed by atoms with Crippen LogP contribution in [0, 0.1) is 16.0 Å². The average Bonchev–Trinajstić information content (AvgIpc) is 2.69. The van der Waals surface area contributed by atoms with Crippen molar-refractivity contribution in [3.63, 3.8) is 0 Å². The number of aromatic nitrogens is 1. The van der Waals surface area contributed by atoms with E-state index >= 15 is 0 Å². The Kier molecular flexibility index (Phi) is 5.75. The topological polar surface area (TPSA) is 105 Å². The molecule has 0 radical (unpaired) electrons. The normalized spacial score (nSPS) is 14.6. The molecule has 1 aliphatic rings. The summed E-state index contributed by atoms with van der Waals surface area (Å²) in [5, 5.41) is 13.9. The van der Waals surface area contributed by atoms with Crippen LogP contribution in [0.3, 0.4) is 0 Å². The van der Waals surface area contributed by atoms with Crippen molar-refractivity contribution in [3.05, 3.63) is 64.5 Å². The molecule has 27 heavy (non-hydrogen) atoms. The van der Waals surface area contributed by atoms with Crippen LogP contribution < -0.4 is 5.32 Å². The van der Waals surface area contributed by atoms with Crippen molar-refractivity contribution >= 4 is 23.2 Å². The number of nitrogens with zero attached hydrogens (tertiary/aromatic N) is 3. The number of carbonyl (C=O) groups is 2. The summed E-state index contributed by atoms with van der Waals surface area (Å²) in [7, 11) is 0. The molecule has 1 aromatic carbocycles. The Bertz CT molecular complexity index is 833. The molecular weight excluding hydrogens is 348 g/mol. The Morgan fingerprint density at radius 1 is 1.15 bits per heavy atom. The molecule has 8 nitrogen and oxygen atoms in total. The van der Waals surface area contributed by atoms with Gasteiger partial charge in [0.05, 0.1) is 11.3 Å². The minimum Gasteiger partial charge on any atom is -0.342 e. The summed E-state index contributed by atoms with van der Waals surface area (Å²) in [6.45, 7) is 0.932. The highest BCUT2D eigenvalue weighted by Crippen LogP contribution is 2.22. The highest BCUT2D eigenvalue weighted by Gasteiger charge is 2.28. The lowest BCUT2D eigenvalue weighted by molar-refractivity contribution is -0.385. The molecule has 1 saturated heterocycles. The van der Waals surface area contributed by atoms with E-state index in [1.54, 1.807) is 47.6 Å². The fourth-order valence-corrected chi connectivity index (χ4v) is 3.18. The van der Waals surface area contributed by atoms with Gasteiger partial charge in [0.15, 0.2) is 0 Å². The van der Waals surface area contributed by atoms with E-state index in [0.717, 1.165) is 0 Å². The third-order valence-electron chi connectivity index (χ3n) is 4.70. The number of rotatable bonds is 5. The fourth-order valence-electron chi connectivity index (χ4n) is 3.18. The first-order chi connectivity index (χ1) is 13.0. The van der Waals surface area contributed by atoms with E-state index in [1.165, 1.54) is 6.07 Å². The molecule has 0 bridgehead atoms. The Labute approximate surface area is 156 Å². The van der Waals surface area contributed by atoms with Gasteiger partial charge in [0.2, 0.25) is 11.8 Å². The van der Waals surface area contributed by atoms with E-state index in [4.69, 9.17) is 0 Å². The predicted octanol–water partition coefficient (Wildman–Crippen LogP) is 2.41. The first-order valence-corrected chi connectivity index (χ1v) is 8.75. The van der Waals surface area contributed by atoms with Crippen LogP contribution in [-0.2, 0) is 16.0 Å². The van der Waals surface area contributed by atoms with Gasteiger partial charge in [-0.1, -0.05) is 18.2 Å². The van der Waals surface area contributed by atoms with E-state index in [2.05, 4.69) is 10.3 Å². The molecule has 0 aliphatic carbocycles. The minimum atomic E-state index is -0.474. The van der Waals surface area contributed by atoms with Crippen molar-refractivity contribution in [2.24, 2.45) is 5.92 Å². The number of carbonyl (C=O) groups excluding carboxylic acids is 2. The molecular formula is C19H20N4O4. The summed E-state index contributed by atoms with van der Waals surface area (Å²) in [5.41, 5.74) is 1.06. The Morgan fingerprint density at radius 3 is 2.48 bits per heavy atom. The van der Waals surface area contributed by atoms with Crippen LogP contribution in [0.15, 0.2) is 48.8 Å². The highest BCUT2D eigenvalue weighted by molar-refractivity contribution is 5.92. The lowest BCUT2D eigenvalue weighted by atomic mass is 9.95. The number of benzene rings is 1. The summed E-state index contributed by atoms with van der Waals surface area (Å²) < 4.78 is 0. The van der Waals surface area contributed by atoms with Gasteiger partial charge in [0, 0.05) is 48.7 Å². The van der Waals surface area contributed by atoms with Crippen LogP contribution in [0.1, 0.15) is 18.4 Å². The molecule has 2 amide bonds. The number of para-hydroxylation sites is 1. The number of nitro groups is 1. The highest BCUT2D eigenvalue weighted by atomic mass is 16.6. The van der Waals surface area contributed by atoms with Crippen molar-refractivity contribution < 1.29 is 14.5 Å². The number of piperidine rings is 1. The van der Waals surface area contributed by atoms with Gasteiger partial charge in [-0.25, -0.2) is 0 Å². The first kappa shape index (κ1) is 18.5. The molecule has 3 rings (SSSR count). The monoisotopic (exact) mass is 368 g/mol. The molecule has 0 saturated carbocycles. The van der Waals surface area contributed by atoms with Crippen LogP contribution in [0.4, 0.5) is 11.4 Å². The van der Waals surface area contributed by atoms with E-state index in [0.29, 0.717) is 37.2 Å². The van der Waals surface area contributed by atoms with Gasteiger partial charge in [-0.3, -0.25) is 24.7 Å². The second kappa shape index (κ2) is 8.39. The van der Waals surface area contributed by atoms with E-state index in [9.17, 15) is 19.7 Å². The van der Waals surface area contributed by atoms with Crippen molar-refractivity contribution in [2.45, 2.75) is 19.3 Å². The Hall–Kier alpha value is -3.29. The van der Waals surface area contributed by atoms with Gasteiger partial charge in [-0.05, 0) is 25.0 Å². The summed E-state index contributed by atoms with van der Waals surface area (Å²) in [6, 6.07) is 9.72. The third kappa shape index (κ3) is 4.66. The average molecular weight is 368 g/mol. The van der Waals surface area contributed by atoms with Gasteiger partial charge in [-0.2, -0.15) is 0 Å². The molecule has 1 fully saturated rings. The largest absolute Gasteiger partial charge is 0.342 e. The third-order valence-corrected chi connectivity index (χ3v) is 4.70. The maximum atomic E-state index is 12.5. The summed E-state index contributed by atoms with van der Waals surface area (Å²) >= 11 is 0. The second-order valence-electron chi connectivity index (χ2n) is 6.44. The number of amides is 2. The van der Waals surface area contributed by atoms with Gasteiger partial charge >= 0.3 is 0 Å². The summed E-state index contributed by atoms with van der Waals surface area (Å²) in [6.07, 6.45) is 4.35. The maximum absolute atomic E-state index is 12.5. The number of nitro benzene ring substituents is 1. The first-order valence-electron chi connectivity index (χ1n) is 8.75. The molecule has 0 spiro atoms. The molecule has 8 heteroatoms. The predicted molar refractivity (Wildman–Crippen MR) is 99.0 cm³/mol. The molecule has 140 valence electrons. The summed E-state index contributed by atoms with van der Waals surface area (Å²) in [4.78, 5) is 41.0. The molecule has 2 heterocycles. The second-order valence-corrected chi connectivity index (χ2v) is 6.44. The van der Waals surface area contributed by atoms with Gasteiger partial charge < -0.3 is 10.2 Å². The van der Waals surface area contributed by atoms with E-state index < -0.39 is 4.92 Å².